The van der Waals surface area contributed by atoms with Crippen LogP contribution in [0.3, 0.4) is 0 Å². The number of ether oxygens (including phenoxy) is 1. The van der Waals surface area contributed by atoms with E-state index in [1.807, 2.05) is 0 Å². The summed E-state index contributed by atoms with van der Waals surface area (Å²) in [5.41, 5.74) is 0.840. The van der Waals surface area contributed by atoms with Crippen LogP contribution in [0, 0.1) is 12.7 Å². The molecule has 0 fully saturated rings. The van der Waals surface area contributed by atoms with Gasteiger partial charge in [-0.05, 0) is 37.1 Å². The molecule has 1 aromatic carbocycles. The molecule has 146 valence electrons. The summed E-state index contributed by atoms with van der Waals surface area (Å²) < 4.78 is 19.1. The predicted molar refractivity (Wildman–Crippen MR) is 103 cm³/mol. The van der Waals surface area contributed by atoms with E-state index < -0.39 is 11.5 Å². The van der Waals surface area contributed by atoms with Crippen molar-refractivity contribution >= 4 is 33.4 Å². The Morgan fingerprint density at radius 2 is 2.00 bits per heavy atom. The molecule has 1 amide bonds. The standard InChI is InChI=1S/C19H18FN3O4S/c1-3-27-19(26)16-11(2)15-17(28-16)22-10-23(18(15)25)9-14(24)21-8-12-4-6-13(20)7-5-12/h4-7,10H,3,8-9H2,1-2H3,(H,21,24). The molecule has 1 N–H and O–H groups in total. The molecular weight excluding hydrogens is 385 g/mol. The van der Waals surface area contributed by atoms with E-state index in [0.717, 1.165) is 16.9 Å². The molecule has 9 heteroatoms. The maximum absolute atomic E-state index is 12.9. The first-order valence-corrected chi connectivity index (χ1v) is 9.39. The van der Waals surface area contributed by atoms with Crippen LogP contribution in [0.25, 0.3) is 10.2 Å². The van der Waals surface area contributed by atoms with E-state index in [0.29, 0.717) is 20.7 Å². The van der Waals surface area contributed by atoms with Gasteiger partial charge in [-0.2, -0.15) is 0 Å². The number of benzene rings is 1. The number of nitrogens with one attached hydrogen (secondary N) is 1. The summed E-state index contributed by atoms with van der Waals surface area (Å²) in [7, 11) is 0. The SMILES string of the molecule is CCOC(=O)c1sc2ncn(CC(=O)NCc3ccc(F)cc3)c(=O)c2c1C. The number of aromatic nitrogens is 2. The van der Waals surface area contributed by atoms with Crippen LogP contribution in [0.15, 0.2) is 35.4 Å². The highest BCUT2D eigenvalue weighted by Crippen LogP contribution is 2.27. The van der Waals surface area contributed by atoms with Crippen LogP contribution in [0.4, 0.5) is 4.39 Å². The Kier molecular flexibility index (Phi) is 5.84. The Bertz CT molecular complexity index is 1090. The number of carbonyl (C=O) groups is 2. The molecule has 2 heterocycles. The number of amides is 1. The Balaban J connectivity index is 1.77. The van der Waals surface area contributed by atoms with Gasteiger partial charge in [0.1, 0.15) is 22.1 Å². The Morgan fingerprint density at radius 3 is 2.68 bits per heavy atom. The summed E-state index contributed by atoms with van der Waals surface area (Å²) >= 11 is 1.09. The van der Waals surface area contributed by atoms with Crippen LogP contribution in [-0.2, 0) is 22.6 Å². The van der Waals surface area contributed by atoms with Gasteiger partial charge in [-0.1, -0.05) is 12.1 Å². The zero-order chi connectivity index (χ0) is 20.3. The third kappa shape index (κ3) is 4.09. The Hall–Kier alpha value is -3.07. The Morgan fingerprint density at radius 1 is 1.29 bits per heavy atom. The number of nitrogens with zero attached hydrogens (tertiary/aromatic N) is 2. The number of halogens is 1. The normalized spacial score (nSPS) is 10.8. The third-order valence-corrected chi connectivity index (χ3v) is 5.27. The van der Waals surface area contributed by atoms with E-state index in [-0.39, 0.29) is 31.4 Å². The maximum Gasteiger partial charge on any atom is 0.348 e. The highest BCUT2D eigenvalue weighted by Gasteiger charge is 2.20. The quantitative estimate of drug-likeness (QED) is 0.639. The van der Waals surface area contributed by atoms with E-state index in [1.165, 1.54) is 23.0 Å². The lowest BCUT2D eigenvalue weighted by molar-refractivity contribution is -0.121. The van der Waals surface area contributed by atoms with Crippen molar-refractivity contribution in [2.75, 3.05) is 6.61 Å². The second-order valence-corrected chi connectivity index (χ2v) is 7.04. The monoisotopic (exact) mass is 403 g/mol. The molecular formula is C19H18FN3O4S. The first-order chi connectivity index (χ1) is 13.4. The van der Waals surface area contributed by atoms with Crippen LogP contribution in [0.2, 0.25) is 0 Å². The summed E-state index contributed by atoms with van der Waals surface area (Å²) in [6.07, 6.45) is 1.28. The minimum atomic E-state index is -0.494. The molecule has 0 spiro atoms. The van der Waals surface area contributed by atoms with Crippen molar-refractivity contribution in [2.45, 2.75) is 26.9 Å². The van der Waals surface area contributed by atoms with Crippen molar-refractivity contribution in [2.24, 2.45) is 0 Å². The molecule has 0 aliphatic carbocycles. The van der Waals surface area contributed by atoms with Crippen LogP contribution < -0.4 is 10.9 Å². The van der Waals surface area contributed by atoms with Gasteiger partial charge >= 0.3 is 5.97 Å². The lowest BCUT2D eigenvalue weighted by Crippen LogP contribution is -2.32. The van der Waals surface area contributed by atoms with Gasteiger partial charge in [0, 0.05) is 6.54 Å². The minimum absolute atomic E-state index is 0.215. The Labute approximate surface area is 163 Å². The zero-order valence-electron chi connectivity index (χ0n) is 15.3. The number of fused-ring (bicyclic) bond motifs is 1. The van der Waals surface area contributed by atoms with Crippen molar-refractivity contribution in [1.29, 1.82) is 0 Å². The van der Waals surface area contributed by atoms with Gasteiger partial charge in [-0.25, -0.2) is 14.2 Å². The second-order valence-electron chi connectivity index (χ2n) is 6.04. The van der Waals surface area contributed by atoms with E-state index in [4.69, 9.17) is 4.74 Å². The molecule has 28 heavy (non-hydrogen) atoms. The number of rotatable bonds is 6. The van der Waals surface area contributed by atoms with Gasteiger partial charge in [-0.3, -0.25) is 14.2 Å². The molecule has 3 aromatic rings. The van der Waals surface area contributed by atoms with E-state index in [1.54, 1.807) is 26.0 Å². The zero-order valence-corrected chi connectivity index (χ0v) is 16.1. The number of esters is 1. The van der Waals surface area contributed by atoms with Crippen LogP contribution in [0.1, 0.15) is 27.7 Å². The molecule has 0 radical (unpaired) electrons. The van der Waals surface area contributed by atoms with Crippen LogP contribution in [0.5, 0.6) is 0 Å². The van der Waals surface area contributed by atoms with Crippen molar-refractivity contribution in [1.82, 2.24) is 14.9 Å². The largest absolute Gasteiger partial charge is 0.462 e. The summed E-state index contributed by atoms with van der Waals surface area (Å²) in [4.78, 5) is 41.9. The highest BCUT2D eigenvalue weighted by molar-refractivity contribution is 7.20. The predicted octanol–water partition coefficient (Wildman–Crippen LogP) is 2.40. The van der Waals surface area contributed by atoms with Gasteiger partial charge < -0.3 is 10.1 Å². The summed E-state index contributed by atoms with van der Waals surface area (Å²) in [5.74, 6) is -1.23. The second kappa shape index (κ2) is 8.30. The first kappa shape index (κ1) is 19.7. The van der Waals surface area contributed by atoms with Crippen molar-refractivity contribution < 1.29 is 18.7 Å². The lowest BCUT2D eigenvalue weighted by Gasteiger charge is -2.07. The summed E-state index contributed by atoms with van der Waals surface area (Å²) in [6, 6.07) is 5.76. The molecule has 0 saturated carbocycles. The number of hydrogen-bond donors (Lipinski definition) is 1. The van der Waals surface area contributed by atoms with Crippen molar-refractivity contribution in [3.63, 3.8) is 0 Å². The fourth-order valence-electron chi connectivity index (χ4n) is 2.68. The van der Waals surface area contributed by atoms with Crippen molar-refractivity contribution in [3.8, 4) is 0 Å². The topological polar surface area (TPSA) is 90.3 Å². The molecule has 3 rings (SSSR count). The molecule has 0 aliphatic heterocycles. The maximum atomic E-state index is 12.9. The number of hydrogen-bond acceptors (Lipinski definition) is 6. The number of carbonyl (C=O) groups excluding carboxylic acids is 2. The first-order valence-electron chi connectivity index (χ1n) is 8.57. The van der Waals surface area contributed by atoms with Gasteiger partial charge in [0.15, 0.2) is 0 Å². The molecule has 0 bridgehead atoms. The molecule has 7 nitrogen and oxygen atoms in total. The van der Waals surface area contributed by atoms with Gasteiger partial charge in [0.25, 0.3) is 5.56 Å². The minimum Gasteiger partial charge on any atom is -0.462 e. The van der Waals surface area contributed by atoms with Gasteiger partial charge in [0.2, 0.25) is 5.91 Å². The molecule has 0 unspecified atom stereocenters. The average molecular weight is 403 g/mol. The number of aryl methyl sites for hydroxylation is 1. The fraction of sp³-hybridized carbons (Fsp3) is 0.263. The molecule has 0 atom stereocenters. The molecule has 0 aliphatic rings. The van der Waals surface area contributed by atoms with E-state index in [9.17, 15) is 18.8 Å². The summed E-state index contributed by atoms with van der Waals surface area (Å²) in [5, 5.41) is 2.98. The smallest absolute Gasteiger partial charge is 0.348 e. The molecule has 0 saturated heterocycles. The van der Waals surface area contributed by atoms with Gasteiger partial charge in [0.05, 0.1) is 18.3 Å². The van der Waals surface area contributed by atoms with Crippen LogP contribution in [-0.4, -0.2) is 28.0 Å². The summed E-state index contributed by atoms with van der Waals surface area (Å²) in [6.45, 7) is 3.60. The van der Waals surface area contributed by atoms with Gasteiger partial charge in [-0.15, -0.1) is 11.3 Å². The average Bonchev–Trinajstić information content (AvgIpc) is 3.01. The molecule has 2 aromatic heterocycles. The number of thiophene rings is 1. The van der Waals surface area contributed by atoms with Crippen LogP contribution >= 0.6 is 11.3 Å². The fourth-order valence-corrected chi connectivity index (χ4v) is 3.71. The van der Waals surface area contributed by atoms with E-state index in [2.05, 4.69) is 10.3 Å². The lowest BCUT2D eigenvalue weighted by atomic mass is 10.2. The van der Waals surface area contributed by atoms with E-state index >= 15 is 0 Å². The van der Waals surface area contributed by atoms with Crippen molar-refractivity contribution in [3.05, 3.63) is 62.8 Å². The highest BCUT2D eigenvalue weighted by atomic mass is 32.1. The third-order valence-electron chi connectivity index (χ3n) is 4.10.